The van der Waals surface area contributed by atoms with Crippen molar-refractivity contribution in [2.24, 2.45) is 0 Å². The third-order valence-corrected chi connectivity index (χ3v) is 4.03. The lowest BCUT2D eigenvalue weighted by Gasteiger charge is -2.12. The van der Waals surface area contributed by atoms with Gasteiger partial charge in [0.1, 0.15) is 0 Å². The molecule has 0 aliphatic heterocycles. The topological polar surface area (TPSA) is 76.7 Å². The molecule has 0 unspecified atom stereocenters. The van der Waals surface area contributed by atoms with Crippen LogP contribution in [-0.4, -0.2) is 25.5 Å². The van der Waals surface area contributed by atoms with Crippen LogP contribution in [0.2, 0.25) is 10.0 Å². The van der Waals surface area contributed by atoms with Gasteiger partial charge in [0.05, 0.1) is 30.1 Å². The minimum absolute atomic E-state index is 0.260. The van der Waals surface area contributed by atoms with Gasteiger partial charge in [-0.3, -0.25) is 9.59 Å². The molecule has 0 fully saturated rings. The van der Waals surface area contributed by atoms with E-state index >= 15 is 0 Å². The van der Waals surface area contributed by atoms with Gasteiger partial charge in [0.25, 0.3) is 0 Å². The number of hydrogen-bond acceptors (Lipinski definition) is 4. The highest BCUT2D eigenvalue weighted by atomic mass is 35.5. The van der Waals surface area contributed by atoms with Crippen molar-refractivity contribution < 1.29 is 19.1 Å². The number of hydrogen-bond donors (Lipinski definition) is 2. The number of anilines is 2. The Labute approximate surface area is 173 Å². The molecule has 2 N–H and O–H groups in total. The fourth-order valence-corrected chi connectivity index (χ4v) is 2.83. The molecule has 28 heavy (non-hydrogen) atoms. The molecule has 8 heteroatoms. The molecule has 6 nitrogen and oxygen atoms in total. The third kappa shape index (κ3) is 5.90. The van der Waals surface area contributed by atoms with E-state index in [2.05, 4.69) is 10.6 Å². The second kappa shape index (κ2) is 10.0. The van der Waals surface area contributed by atoms with Crippen LogP contribution < -0.4 is 20.1 Å². The summed E-state index contributed by atoms with van der Waals surface area (Å²) in [5, 5.41) is 6.13. The van der Waals surface area contributed by atoms with E-state index in [1.807, 2.05) is 6.92 Å². The SMILES string of the molecule is CCOc1c(Cl)cc(/C=C/C(=O)Nc2cc(Cl)ccc2NC(C)=O)cc1OC. The number of ether oxygens (including phenoxy) is 2. The molecule has 0 saturated carbocycles. The summed E-state index contributed by atoms with van der Waals surface area (Å²) in [6.45, 7) is 3.67. The van der Waals surface area contributed by atoms with Gasteiger partial charge in [-0.2, -0.15) is 0 Å². The highest BCUT2D eigenvalue weighted by Crippen LogP contribution is 2.36. The van der Waals surface area contributed by atoms with Crippen LogP contribution in [0.25, 0.3) is 6.08 Å². The first-order chi connectivity index (χ1) is 13.3. The number of carbonyl (C=O) groups excluding carboxylic acids is 2. The highest BCUT2D eigenvalue weighted by molar-refractivity contribution is 6.32. The Bertz CT molecular complexity index is 913. The van der Waals surface area contributed by atoms with Gasteiger partial charge in [-0.05, 0) is 48.9 Å². The van der Waals surface area contributed by atoms with Crippen LogP contribution in [0.3, 0.4) is 0 Å². The van der Waals surface area contributed by atoms with Crippen LogP contribution in [0.1, 0.15) is 19.4 Å². The summed E-state index contributed by atoms with van der Waals surface area (Å²) >= 11 is 12.2. The molecule has 0 saturated heterocycles. The zero-order valence-corrected chi connectivity index (χ0v) is 17.1. The molecular formula is C20H20Cl2N2O4. The molecule has 0 atom stereocenters. The number of carbonyl (C=O) groups is 2. The van der Waals surface area contributed by atoms with Gasteiger partial charge in [0.15, 0.2) is 11.5 Å². The lowest BCUT2D eigenvalue weighted by Crippen LogP contribution is -2.13. The zero-order chi connectivity index (χ0) is 20.7. The number of benzene rings is 2. The van der Waals surface area contributed by atoms with Crippen LogP contribution >= 0.6 is 23.2 Å². The van der Waals surface area contributed by atoms with Crippen molar-refractivity contribution in [2.75, 3.05) is 24.4 Å². The quantitative estimate of drug-likeness (QED) is 0.614. The van der Waals surface area contributed by atoms with Gasteiger partial charge in [0, 0.05) is 18.0 Å². The molecule has 2 rings (SSSR count). The van der Waals surface area contributed by atoms with Gasteiger partial charge < -0.3 is 20.1 Å². The first-order valence-corrected chi connectivity index (χ1v) is 9.16. The van der Waals surface area contributed by atoms with Crippen molar-refractivity contribution in [3.63, 3.8) is 0 Å². The monoisotopic (exact) mass is 422 g/mol. The molecule has 2 aromatic rings. The van der Waals surface area contributed by atoms with Crippen molar-refractivity contribution in [3.05, 3.63) is 52.0 Å². The Hall–Kier alpha value is -2.70. The molecule has 0 heterocycles. The van der Waals surface area contributed by atoms with Gasteiger partial charge in [-0.15, -0.1) is 0 Å². The summed E-state index contributed by atoms with van der Waals surface area (Å²) in [6, 6.07) is 8.16. The summed E-state index contributed by atoms with van der Waals surface area (Å²) < 4.78 is 10.8. The zero-order valence-electron chi connectivity index (χ0n) is 15.6. The molecule has 0 radical (unpaired) electrons. The summed E-state index contributed by atoms with van der Waals surface area (Å²) in [4.78, 5) is 23.6. The first kappa shape index (κ1) is 21.6. The number of nitrogens with one attached hydrogen (secondary N) is 2. The van der Waals surface area contributed by atoms with E-state index in [1.54, 1.807) is 36.4 Å². The van der Waals surface area contributed by atoms with Gasteiger partial charge in [-0.1, -0.05) is 23.2 Å². The van der Waals surface area contributed by atoms with Crippen molar-refractivity contribution in [3.8, 4) is 11.5 Å². The lowest BCUT2D eigenvalue weighted by molar-refractivity contribution is -0.114. The Morgan fingerprint density at radius 2 is 1.86 bits per heavy atom. The maximum Gasteiger partial charge on any atom is 0.248 e. The molecular weight excluding hydrogens is 403 g/mol. The van der Waals surface area contributed by atoms with Crippen LogP contribution in [0, 0.1) is 0 Å². The van der Waals surface area contributed by atoms with Crippen molar-refractivity contribution in [1.82, 2.24) is 0 Å². The van der Waals surface area contributed by atoms with Crippen LogP contribution in [-0.2, 0) is 9.59 Å². The molecule has 2 amide bonds. The second-order valence-electron chi connectivity index (χ2n) is 5.66. The maximum absolute atomic E-state index is 12.3. The fraction of sp³-hybridized carbons (Fsp3) is 0.200. The molecule has 0 aromatic heterocycles. The predicted molar refractivity (Wildman–Crippen MR) is 113 cm³/mol. The highest BCUT2D eigenvalue weighted by Gasteiger charge is 2.11. The summed E-state index contributed by atoms with van der Waals surface area (Å²) in [5.41, 5.74) is 1.50. The van der Waals surface area contributed by atoms with Gasteiger partial charge in [0.2, 0.25) is 11.8 Å². The Morgan fingerprint density at radius 3 is 2.50 bits per heavy atom. The summed E-state index contributed by atoms with van der Waals surface area (Å²) in [5.74, 6) is 0.256. The van der Waals surface area contributed by atoms with E-state index in [0.29, 0.717) is 45.1 Å². The maximum atomic E-state index is 12.3. The van der Waals surface area contributed by atoms with Crippen molar-refractivity contribution >= 4 is 52.5 Å². The van der Waals surface area contributed by atoms with Crippen molar-refractivity contribution in [1.29, 1.82) is 0 Å². The average molecular weight is 423 g/mol. The standard InChI is InChI=1S/C20H20Cl2N2O4/c1-4-28-20-15(22)9-13(10-18(20)27-3)5-8-19(26)24-17-11-14(21)6-7-16(17)23-12(2)25/h5-11H,4H2,1-3H3,(H,23,25)(H,24,26)/b8-5+. The second-order valence-corrected chi connectivity index (χ2v) is 6.50. The molecule has 0 bridgehead atoms. The Morgan fingerprint density at radius 1 is 1.11 bits per heavy atom. The smallest absolute Gasteiger partial charge is 0.248 e. The third-order valence-electron chi connectivity index (χ3n) is 3.52. The van der Waals surface area contributed by atoms with Crippen LogP contribution in [0.4, 0.5) is 11.4 Å². The number of halogens is 2. The minimum atomic E-state index is -0.405. The first-order valence-electron chi connectivity index (χ1n) is 8.40. The average Bonchev–Trinajstić information content (AvgIpc) is 2.63. The molecule has 2 aromatic carbocycles. The normalized spacial score (nSPS) is 10.6. The van der Waals surface area contributed by atoms with E-state index < -0.39 is 5.91 Å². The molecule has 0 aliphatic carbocycles. The summed E-state index contributed by atoms with van der Waals surface area (Å²) in [6.07, 6.45) is 2.92. The predicted octanol–water partition coefficient (Wildman–Crippen LogP) is 5.01. The van der Waals surface area contributed by atoms with Crippen molar-refractivity contribution in [2.45, 2.75) is 13.8 Å². The Kier molecular flexibility index (Phi) is 7.72. The van der Waals surface area contributed by atoms with E-state index in [0.717, 1.165) is 0 Å². The van der Waals surface area contributed by atoms with E-state index in [4.69, 9.17) is 32.7 Å². The number of amides is 2. The molecule has 0 spiro atoms. The summed E-state index contributed by atoms with van der Waals surface area (Å²) in [7, 11) is 1.51. The van der Waals surface area contributed by atoms with E-state index in [-0.39, 0.29) is 5.91 Å². The molecule has 0 aliphatic rings. The molecule has 148 valence electrons. The largest absolute Gasteiger partial charge is 0.493 e. The number of methoxy groups -OCH3 is 1. The van der Waals surface area contributed by atoms with E-state index in [1.165, 1.54) is 20.1 Å². The minimum Gasteiger partial charge on any atom is -0.493 e. The lowest BCUT2D eigenvalue weighted by atomic mass is 10.2. The van der Waals surface area contributed by atoms with Crippen LogP contribution in [0.15, 0.2) is 36.4 Å². The van der Waals surface area contributed by atoms with E-state index in [9.17, 15) is 9.59 Å². The van der Waals surface area contributed by atoms with Gasteiger partial charge >= 0.3 is 0 Å². The fourth-order valence-electron chi connectivity index (χ4n) is 2.39. The van der Waals surface area contributed by atoms with Gasteiger partial charge in [-0.25, -0.2) is 0 Å². The van der Waals surface area contributed by atoms with Crippen LogP contribution in [0.5, 0.6) is 11.5 Å². The Balaban J connectivity index is 2.20. The number of rotatable bonds is 7.